The molecule has 0 aromatic carbocycles. The summed E-state index contributed by atoms with van der Waals surface area (Å²) in [6.07, 6.45) is 2.73. The first-order valence-electron chi connectivity index (χ1n) is 5.98. The van der Waals surface area contributed by atoms with E-state index < -0.39 is 0 Å². The number of hydrogen-bond donors (Lipinski definition) is 1. The van der Waals surface area contributed by atoms with Crippen LogP contribution in [0, 0.1) is 12.8 Å². The minimum absolute atomic E-state index is 0.428. The molecule has 2 atom stereocenters. The van der Waals surface area contributed by atoms with Gasteiger partial charge in [-0.05, 0) is 32.6 Å². The van der Waals surface area contributed by atoms with E-state index in [2.05, 4.69) is 24.1 Å². The van der Waals surface area contributed by atoms with Crippen LogP contribution in [-0.2, 0) is 11.2 Å². The highest BCUT2D eigenvalue weighted by Gasteiger charge is 2.23. The van der Waals surface area contributed by atoms with E-state index in [1.807, 2.05) is 5.51 Å². The molecule has 0 spiro atoms. The molecule has 3 nitrogen and oxygen atoms in total. The van der Waals surface area contributed by atoms with Gasteiger partial charge in [-0.1, -0.05) is 0 Å². The van der Waals surface area contributed by atoms with E-state index in [1.54, 1.807) is 11.3 Å². The standard InChI is InChI=1S/C12H20N2OS/c1-9-12(16-8-14-9)3-5-13-7-11-4-6-15-10(11)2/h8,10-11,13H,3-7H2,1-2H3. The van der Waals surface area contributed by atoms with Crippen molar-refractivity contribution in [2.45, 2.75) is 32.8 Å². The maximum absolute atomic E-state index is 5.54. The molecule has 1 fully saturated rings. The van der Waals surface area contributed by atoms with E-state index in [0.29, 0.717) is 12.0 Å². The summed E-state index contributed by atoms with van der Waals surface area (Å²) in [6, 6.07) is 0. The lowest BCUT2D eigenvalue weighted by atomic mass is 10.0. The Balaban J connectivity index is 1.63. The van der Waals surface area contributed by atoms with E-state index in [0.717, 1.165) is 26.1 Å². The largest absolute Gasteiger partial charge is 0.378 e. The Hall–Kier alpha value is -0.450. The topological polar surface area (TPSA) is 34.2 Å². The molecular weight excluding hydrogens is 220 g/mol. The first-order valence-corrected chi connectivity index (χ1v) is 6.86. The van der Waals surface area contributed by atoms with Crippen LogP contribution in [0.4, 0.5) is 0 Å². The second-order valence-electron chi connectivity index (χ2n) is 4.44. The normalized spacial score (nSPS) is 25.1. The predicted molar refractivity (Wildman–Crippen MR) is 66.9 cm³/mol. The zero-order valence-corrected chi connectivity index (χ0v) is 10.8. The lowest BCUT2D eigenvalue weighted by Gasteiger charge is -2.14. The highest BCUT2D eigenvalue weighted by Crippen LogP contribution is 2.19. The molecule has 1 aliphatic rings. The van der Waals surface area contributed by atoms with Gasteiger partial charge in [-0.15, -0.1) is 11.3 Å². The van der Waals surface area contributed by atoms with Gasteiger partial charge in [0, 0.05) is 24.6 Å². The summed E-state index contributed by atoms with van der Waals surface area (Å²) in [4.78, 5) is 5.66. The molecule has 2 rings (SSSR count). The minimum Gasteiger partial charge on any atom is -0.378 e. The van der Waals surface area contributed by atoms with Gasteiger partial charge in [0.15, 0.2) is 0 Å². The van der Waals surface area contributed by atoms with Crippen LogP contribution in [0.1, 0.15) is 23.9 Å². The Morgan fingerprint density at radius 2 is 2.50 bits per heavy atom. The zero-order chi connectivity index (χ0) is 11.4. The number of hydrogen-bond acceptors (Lipinski definition) is 4. The molecule has 0 aliphatic carbocycles. The molecule has 4 heteroatoms. The van der Waals surface area contributed by atoms with E-state index in [4.69, 9.17) is 4.74 Å². The molecule has 0 amide bonds. The third kappa shape index (κ3) is 3.03. The molecule has 0 bridgehead atoms. The SMILES string of the molecule is Cc1ncsc1CCNCC1CCOC1C. The lowest BCUT2D eigenvalue weighted by molar-refractivity contribution is 0.105. The average Bonchev–Trinajstić information content (AvgIpc) is 2.84. The molecule has 1 saturated heterocycles. The van der Waals surface area contributed by atoms with E-state index >= 15 is 0 Å². The Labute approximate surface area is 101 Å². The summed E-state index contributed by atoms with van der Waals surface area (Å²) in [6.45, 7) is 7.32. The van der Waals surface area contributed by atoms with Crippen LogP contribution in [0.5, 0.6) is 0 Å². The summed E-state index contributed by atoms with van der Waals surface area (Å²) in [7, 11) is 0. The highest BCUT2D eigenvalue weighted by molar-refractivity contribution is 7.09. The van der Waals surface area contributed by atoms with E-state index in [-0.39, 0.29) is 0 Å². The predicted octanol–water partition coefficient (Wildman–Crippen LogP) is 2.01. The number of aryl methyl sites for hydroxylation is 1. The summed E-state index contributed by atoms with van der Waals surface area (Å²) in [5, 5.41) is 3.52. The van der Waals surface area contributed by atoms with E-state index in [1.165, 1.54) is 17.0 Å². The Kier molecular flexibility index (Phi) is 4.32. The average molecular weight is 240 g/mol. The Bertz CT molecular complexity index is 327. The van der Waals surface area contributed by atoms with Crippen LogP contribution < -0.4 is 5.32 Å². The van der Waals surface area contributed by atoms with Crippen LogP contribution in [0.3, 0.4) is 0 Å². The molecule has 1 aliphatic heterocycles. The Morgan fingerprint density at radius 3 is 3.12 bits per heavy atom. The Morgan fingerprint density at radius 1 is 1.62 bits per heavy atom. The van der Waals surface area contributed by atoms with Crippen molar-refractivity contribution in [3.8, 4) is 0 Å². The second kappa shape index (κ2) is 5.75. The number of nitrogens with zero attached hydrogens (tertiary/aromatic N) is 1. The molecular formula is C12H20N2OS. The van der Waals surface area contributed by atoms with Crippen LogP contribution in [0.25, 0.3) is 0 Å². The van der Waals surface area contributed by atoms with Crippen LogP contribution in [0.15, 0.2) is 5.51 Å². The number of aromatic nitrogens is 1. The van der Waals surface area contributed by atoms with Crippen molar-refractivity contribution < 1.29 is 4.74 Å². The van der Waals surface area contributed by atoms with Gasteiger partial charge in [0.25, 0.3) is 0 Å². The quantitative estimate of drug-likeness (QED) is 0.799. The molecule has 0 radical (unpaired) electrons. The molecule has 1 aromatic heterocycles. The number of rotatable bonds is 5. The third-order valence-electron chi connectivity index (χ3n) is 3.31. The molecule has 0 saturated carbocycles. The van der Waals surface area contributed by atoms with Crippen molar-refractivity contribution in [1.29, 1.82) is 0 Å². The first-order chi connectivity index (χ1) is 7.77. The van der Waals surface area contributed by atoms with Crippen LogP contribution in [-0.4, -0.2) is 30.8 Å². The number of ether oxygens (including phenoxy) is 1. The van der Waals surface area contributed by atoms with Gasteiger partial charge >= 0.3 is 0 Å². The van der Waals surface area contributed by atoms with Gasteiger partial charge in [0.05, 0.1) is 17.3 Å². The van der Waals surface area contributed by atoms with Crippen molar-refractivity contribution in [3.05, 3.63) is 16.1 Å². The van der Waals surface area contributed by atoms with E-state index in [9.17, 15) is 0 Å². The summed E-state index contributed by atoms with van der Waals surface area (Å²) >= 11 is 1.76. The monoisotopic (exact) mass is 240 g/mol. The smallest absolute Gasteiger partial charge is 0.0797 e. The molecule has 2 unspecified atom stereocenters. The van der Waals surface area contributed by atoms with Gasteiger partial charge in [-0.25, -0.2) is 4.98 Å². The van der Waals surface area contributed by atoms with Gasteiger partial charge in [0.1, 0.15) is 0 Å². The van der Waals surface area contributed by atoms with Crippen molar-refractivity contribution in [1.82, 2.24) is 10.3 Å². The fraction of sp³-hybridized carbons (Fsp3) is 0.750. The van der Waals surface area contributed by atoms with Crippen molar-refractivity contribution in [2.75, 3.05) is 19.7 Å². The number of nitrogens with one attached hydrogen (secondary N) is 1. The maximum atomic E-state index is 5.54. The van der Waals surface area contributed by atoms with Crippen molar-refractivity contribution >= 4 is 11.3 Å². The van der Waals surface area contributed by atoms with Gasteiger partial charge < -0.3 is 10.1 Å². The fourth-order valence-electron chi connectivity index (χ4n) is 2.10. The summed E-state index contributed by atoms with van der Waals surface area (Å²) < 4.78 is 5.54. The molecule has 90 valence electrons. The van der Waals surface area contributed by atoms with Gasteiger partial charge in [-0.3, -0.25) is 0 Å². The molecule has 1 aromatic rings. The second-order valence-corrected chi connectivity index (χ2v) is 5.38. The van der Waals surface area contributed by atoms with Gasteiger partial charge in [-0.2, -0.15) is 0 Å². The van der Waals surface area contributed by atoms with Gasteiger partial charge in [0.2, 0.25) is 0 Å². The maximum Gasteiger partial charge on any atom is 0.0797 e. The zero-order valence-electron chi connectivity index (χ0n) is 10.0. The first kappa shape index (κ1) is 12.0. The summed E-state index contributed by atoms with van der Waals surface area (Å²) in [5.74, 6) is 0.697. The van der Waals surface area contributed by atoms with Crippen LogP contribution >= 0.6 is 11.3 Å². The van der Waals surface area contributed by atoms with Crippen molar-refractivity contribution in [2.24, 2.45) is 5.92 Å². The molecule has 16 heavy (non-hydrogen) atoms. The van der Waals surface area contributed by atoms with Crippen LogP contribution in [0.2, 0.25) is 0 Å². The fourth-order valence-corrected chi connectivity index (χ4v) is 2.88. The summed E-state index contributed by atoms with van der Waals surface area (Å²) in [5.41, 5.74) is 3.11. The highest BCUT2D eigenvalue weighted by atomic mass is 32.1. The molecule has 2 heterocycles. The molecule has 1 N–H and O–H groups in total. The minimum atomic E-state index is 0.428. The lowest BCUT2D eigenvalue weighted by Crippen LogP contribution is -2.28. The van der Waals surface area contributed by atoms with Crippen molar-refractivity contribution in [3.63, 3.8) is 0 Å². The number of thiazole rings is 1. The third-order valence-corrected chi connectivity index (χ3v) is 4.31.